The molecule has 0 saturated heterocycles. The van der Waals surface area contributed by atoms with Gasteiger partial charge in [-0.15, -0.1) is 0 Å². The summed E-state index contributed by atoms with van der Waals surface area (Å²) in [4.78, 5) is 16.3. The van der Waals surface area contributed by atoms with Gasteiger partial charge in [-0.25, -0.2) is 9.67 Å². The first-order chi connectivity index (χ1) is 12.8. The molecule has 2 aromatic heterocycles. The van der Waals surface area contributed by atoms with Crippen molar-refractivity contribution in [3.63, 3.8) is 0 Å². The number of ether oxygens (including phenoxy) is 1. The lowest BCUT2D eigenvalue weighted by Gasteiger charge is -2.13. The molecule has 1 N–H and O–H groups in total. The third-order valence-corrected chi connectivity index (χ3v) is 3.81. The monoisotopic (exact) mass is 396 g/mol. The molecule has 6 nitrogen and oxygen atoms in total. The van der Waals surface area contributed by atoms with E-state index in [2.05, 4.69) is 15.4 Å². The maximum atomic E-state index is 13.6. The number of benzene rings is 1. The first-order valence-corrected chi connectivity index (χ1v) is 7.90. The SMILES string of the molecule is COc1ccc(NC(=O)c2cnn(-c3ccc(Cl)cc3)c2C(F)(F)F)cn1. The van der Waals surface area contributed by atoms with Crippen LogP contribution < -0.4 is 10.1 Å². The van der Waals surface area contributed by atoms with E-state index in [0.29, 0.717) is 15.6 Å². The molecule has 0 aliphatic heterocycles. The van der Waals surface area contributed by atoms with E-state index in [1.165, 1.54) is 49.7 Å². The summed E-state index contributed by atoms with van der Waals surface area (Å²) in [5, 5.41) is 6.46. The average molecular weight is 397 g/mol. The zero-order chi connectivity index (χ0) is 19.6. The van der Waals surface area contributed by atoms with E-state index < -0.39 is 23.3 Å². The number of carbonyl (C=O) groups excluding carboxylic acids is 1. The molecule has 0 aliphatic carbocycles. The molecule has 1 amide bonds. The van der Waals surface area contributed by atoms with Crippen LogP contribution in [0.5, 0.6) is 5.88 Å². The molecule has 0 radical (unpaired) electrons. The van der Waals surface area contributed by atoms with Crippen molar-refractivity contribution in [2.45, 2.75) is 6.18 Å². The molecule has 1 aromatic carbocycles. The van der Waals surface area contributed by atoms with Crippen molar-refractivity contribution >= 4 is 23.2 Å². The minimum absolute atomic E-state index is 0.122. The van der Waals surface area contributed by atoms with Gasteiger partial charge in [-0.2, -0.15) is 18.3 Å². The van der Waals surface area contributed by atoms with Crippen molar-refractivity contribution in [2.24, 2.45) is 0 Å². The Kier molecular flexibility index (Phi) is 5.04. The Labute approximate surface area is 156 Å². The number of aromatic nitrogens is 3. The first kappa shape index (κ1) is 18.7. The minimum atomic E-state index is -4.80. The maximum absolute atomic E-state index is 13.6. The maximum Gasteiger partial charge on any atom is 0.434 e. The highest BCUT2D eigenvalue weighted by atomic mass is 35.5. The van der Waals surface area contributed by atoms with Crippen LogP contribution in [0.2, 0.25) is 5.02 Å². The summed E-state index contributed by atoms with van der Waals surface area (Å²) in [6, 6.07) is 8.54. The molecule has 3 rings (SSSR count). The molecule has 0 unspecified atom stereocenters. The fourth-order valence-corrected chi connectivity index (χ4v) is 2.46. The molecule has 0 atom stereocenters. The molecule has 3 aromatic rings. The third kappa shape index (κ3) is 4.03. The van der Waals surface area contributed by atoms with E-state index in [4.69, 9.17) is 16.3 Å². The number of nitrogens with zero attached hydrogens (tertiary/aromatic N) is 3. The molecule has 27 heavy (non-hydrogen) atoms. The van der Waals surface area contributed by atoms with E-state index >= 15 is 0 Å². The summed E-state index contributed by atoms with van der Waals surface area (Å²) in [6.07, 6.45) is -2.67. The number of hydrogen-bond acceptors (Lipinski definition) is 4. The second kappa shape index (κ2) is 7.28. The Morgan fingerprint density at radius 3 is 2.41 bits per heavy atom. The summed E-state index contributed by atoms with van der Waals surface area (Å²) >= 11 is 5.77. The van der Waals surface area contributed by atoms with Crippen LogP contribution in [0.4, 0.5) is 18.9 Å². The van der Waals surface area contributed by atoms with Crippen LogP contribution in [-0.2, 0) is 6.18 Å². The van der Waals surface area contributed by atoms with Crippen LogP contribution in [0.15, 0.2) is 48.8 Å². The van der Waals surface area contributed by atoms with Gasteiger partial charge in [0.1, 0.15) is 0 Å². The quantitative estimate of drug-likeness (QED) is 0.717. The number of pyridine rings is 1. The van der Waals surface area contributed by atoms with Gasteiger partial charge in [-0.3, -0.25) is 4.79 Å². The van der Waals surface area contributed by atoms with Gasteiger partial charge in [0, 0.05) is 11.1 Å². The van der Waals surface area contributed by atoms with E-state index in [1.54, 1.807) is 0 Å². The molecule has 0 spiro atoms. The molecule has 0 saturated carbocycles. The van der Waals surface area contributed by atoms with Crippen molar-refractivity contribution in [1.29, 1.82) is 0 Å². The number of methoxy groups -OCH3 is 1. The highest BCUT2D eigenvalue weighted by molar-refractivity contribution is 6.30. The molecule has 10 heteroatoms. The first-order valence-electron chi connectivity index (χ1n) is 7.52. The fraction of sp³-hybridized carbons (Fsp3) is 0.118. The van der Waals surface area contributed by atoms with E-state index in [9.17, 15) is 18.0 Å². The van der Waals surface area contributed by atoms with Crippen LogP contribution in [0, 0.1) is 0 Å². The summed E-state index contributed by atoms with van der Waals surface area (Å²) in [7, 11) is 1.42. The Morgan fingerprint density at radius 2 is 1.85 bits per heavy atom. The van der Waals surface area contributed by atoms with Gasteiger partial charge < -0.3 is 10.1 Å². The van der Waals surface area contributed by atoms with Gasteiger partial charge in [0.15, 0.2) is 5.69 Å². The summed E-state index contributed by atoms with van der Waals surface area (Å²) < 4.78 is 46.4. The van der Waals surface area contributed by atoms with E-state index in [-0.39, 0.29) is 11.4 Å². The smallest absolute Gasteiger partial charge is 0.434 e. The topological polar surface area (TPSA) is 69.0 Å². The minimum Gasteiger partial charge on any atom is -0.481 e. The normalized spacial score (nSPS) is 11.3. The number of rotatable bonds is 4. The van der Waals surface area contributed by atoms with Crippen molar-refractivity contribution < 1.29 is 22.7 Å². The lowest BCUT2D eigenvalue weighted by Crippen LogP contribution is -2.20. The predicted molar refractivity (Wildman–Crippen MR) is 92.3 cm³/mol. The second-order valence-electron chi connectivity index (χ2n) is 5.34. The Hall–Kier alpha value is -3.07. The van der Waals surface area contributed by atoms with E-state index in [0.717, 1.165) is 6.20 Å². The Balaban J connectivity index is 1.97. The van der Waals surface area contributed by atoms with Gasteiger partial charge in [0.25, 0.3) is 5.91 Å². The molecular formula is C17H12ClF3N4O2. The number of nitrogens with one attached hydrogen (secondary N) is 1. The van der Waals surface area contributed by atoms with Gasteiger partial charge in [0.05, 0.1) is 36.4 Å². The van der Waals surface area contributed by atoms with Gasteiger partial charge >= 0.3 is 6.18 Å². The Bertz CT molecular complexity index is 954. The summed E-state index contributed by atoms with van der Waals surface area (Å²) in [5.74, 6) is -0.658. The molecular weight excluding hydrogens is 385 g/mol. The molecule has 0 bridgehead atoms. The zero-order valence-corrected chi connectivity index (χ0v) is 14.5. The summed E-state index contributed by atoms with van der Waals surface area (Å²) in [5.41, 5.74) is -1.47. The highest BCUT2D eigenvalue weighted by Crippen LogP contribution is 2.34. The van der Waals surface area contributed by atoms with Gasteiger partial charge in [0.2, 0.25) is 5.88 Å². The number of halogens is 4. The van der Waals surface area contributed by atoms with Crippen molar-refractivity contribution in [2.75, 3.05) is 12.4 Å². The van der Waals surface area contributed by atoms with E-state index in [1.807, 2.05) is 0 Å². The van der Waals surface area contributed by atoms with Crippen LogP contribution >= 0.6 is 11.6 Å². The number of carbonyl (C=O) groups is 1. The number of hydrogen-bond donors (Lipinski definition) is 1. The van der Waals surface area contributed by atoms with Gasteiger partial charge in [-0.1, -0.05) is 11.6 Å². The fourth-order valence-electron chi connectivity index (χ4n) is 2.34. The Morgan fingerprint density at radius 1 is 1.15 bits per heavy atom. The molecule has 140 valence electrons. The summed E-state index contributed by atoms with van der Waals surface area (Å²) in [6.45, 7) is 0. The van der Waals surface area contributed by atoms with Crippen LogP contribution in [0.1, 0.15) is 16.1 Å². The lowest BCUT2D eigenvalue weighted by molar-refractivity contribution is -0.143. The number of amides is 1. The molecule has 2 heterocycles. The van der Waals surface area contributed by atoms with Crippen LogP contribution in [-0.4, -0.2) is 27.8 Å². The van der Waals surface area contributed by atoms with Gasteiger partial charge in [-0.05, 0) is 30.3 Å². The molecule has 0 fully saturated rings. The highest BCUT2D eigenvalue weighted by Gasteiger charge is 2.40. The lowest BCUT2D eigenvalue weighted by atomic mass is 10.2. The van der Waals surface area contributed by atoms with Crippen molar-refractivity contribution in [3.05, 3.63) is 65.1 Å². The van der Waals surface area contributed by atoms with Crippen molar-refractivity contribution in [3.8, 4) is 11.6 Å². The molecule has 0 aliphatic rings. The standard InChI is InChI=1S/C17H12ClF3N4O2/c1-27-14-7-4-11(8-22-14)24-16(26)13-9-23-25(15(13)17(19,20)21)12-5-2-10(18)3-6-12/h2-9H,1H3,(H,24,26). The zero-order valence-electron chi connectivity index (χ0n) is 13.8. The second-order valence-corrected chi connectivity index (χ2v) is 5.77. The van der Waals surface area contributed by atoms with Crippen molar-refractivity contribution in [1.82, 2.24) is 14.8 Å². The average Bonchev–Trinajstić information content (AvgIpc) is 3.09. The van der Waals surface area contributed by atoms with Crippen LogP contribution in [0.3, 0.4) is 0 Å². The van der Waals surface area contributed by atoms with Crippen LogP contribution in [0.25, 0.3) is 5.69 Å². The number of alkyl halides is 3. The number of anilines is 1. The predicted octanol–water partition coefficient (Wildman–Crippen LogP) is 4.20. The largest absolute Gasteiger partial charge is 0.481 e. The third-order valence-electron chi connectivity index (χ3n) is 3.56.